The number of phenolic OH excluding ortho intramolecular Hbond substituents is 1. The van der Waals surface area contributed by atoms with Crippen LogP contribution in [0.15, 0.2) is 82.2 Å². The van der Waals surface area contributed by atoms with E-state index in [-0.39, 0.29) is 27.7 Å². The first-order chi connectivity index (χ1) is 17.5. The van der Waals surface area contributed by atoms with Crippen LogP contribution in [-0.4, -0.2) is 54.3 Å². The van der Waals surface area contributed by atoms with Crippen molar-refractivity contribution in [2.45, 2.75) is 6.54 Å². The summed E-state index contributed by atoms with van der Waals surface area (Å²) in [5.41, 5.74) is 1.99. The Morgan fingerprint density at radius 1 is 0.972 bits per heavy atom. The van der Waals surface area contributed by atoms with Crippen LogP contribution in [0.2, 0.25) is 0 Å². The fourth-order valence-corrected chi connectivity index (χ4v) is 4.32. The van der Waals surface area contributed by atoms with E-state index in [4.69, 9.17) is 13.9 Å². The Labute approximate surface area is 207 Å². The topological polar surface area (TPSA) is 92.5 Å². The summed E-state index contributed by atoms with van der Waals surface area (Å²) in [7, 11) is 1.47. The number of benzene rings is 3. The number of fused-ring (bicyclic) bond motifs is 1. The second-order valence-electron chi connectivity index (χ2n) is 8.64. The second-order valence-corrected chi connectivity index (χ2v) is 8.64. The van der Waals surface area contributed by atoms with Crippen LogP contribution in [0.1, 0.15) is 5.56 Å². The van der Waals surface area contributed by atoms with Gasteiger partial charge in [0.05, 0.1) is 12.7 Å². The molecule has 3 aromatic carbocycles. The summed E-state index contributed by atoms with van der Waals surface area (Å²) in [6.07, 6.45) is 0.950. The summed E-state index contributed by atoms with van der Waals surface area (Å²) >= 11 is 0. The molecule has 0 bridgehead atoms. The number of carbonyl (C=O) groups is 1. The molecule has 1 N–H and O–H groups in total. The minimum absolute atomic E-state index is 0.0789. The van der Waals surface area contributed by atoms with Gasteiger partial charge in [-0.3, -0.25) is 9.69 Å². The van der Waals surface area contributed by atoms with E-state index >= 15 is 0 Å². The minimum Gasteiger partial charge on any atom is -0.507 e. The van der Waals surface area contributed by atoms with Crippen molar-refractivity contribution in [3.05, 3.63) is 88.8 Å². The Morgan fingerprint density at radius 3 is 2.39 bits per heavy atom. The molecule has 1 fully saturated rings. The highest BCUT2D eigenvalue weighted by atomic mass is 16.6. The highest BCUT2D eigenvalue weighted by molar-refractivity contribution is 5.88. The maximum atomic E-state index is 13.0. The molecule has 0 atom stereocenters. The molecule has 0 saturated carbocycles. The number of methoxy groups -OCH3 is 1. The fourth-order valence-electron chi connectivity index (χ4n) is 4.32. The molecule has 36 heavy (non-hydrogen) atoms. The molecule has 1 aromatic heterocycles. The lowest BCUT2D eigenvalue weighted by Gasteiger charge is -2.34. The molecule has 4 aromatic rings. The van der Waals surface area contributed by atoms with Gasteiger partial charge in [0.25, 0.3) is 0 Å². The number of rotatable bonds is 5. The Morgan fingerprint density at radius 2 is 1.69 bits per heavy atom. The Kier molecular flexibility index (Phi) is 6.60. The summed E-state index contributed by atoms with van der Waals surface area (Å²) in [5, 5.41) is 10.4. The minimum atomic E-state index is -0.397. The van der Waals surface area contributed by atoms with Crippen LogP contribution in [-0.2, 0) is 6.54 Å². The smallest absolute Gasteiger partial charge is 0.415 e. The van der Waals surface area contributed by atoms with Crippen molar-refractivity contribution in [3.8, 4) is 28.4 Å². The van der Waals surface area contributed by atoms with E-state index in [1.165, 1.54) is 25.0 Å². The van der Waals surface area contributed by atoms with Crippen molar-refractivity contribution in [3.63, 3.8) is 0 Å². The van der Waals surface area contributed by atoms with Crippen LogP contribution in [0.25, 0.3) is 22.1 Å². The molecule has 2 heterocycles. The number of aromatic hydroxyl groups is 1. The van der Waals surface area contributed by atoms with Crippen molar-refractivity contribution in [1.82, 2.24) is 9.80 Å². The second kappa shape index (κ2) is 10.1. The van der Waals surface area contributed by atoms with E-state index in [9.17, 15) is 14.7 Å². The summed E-state index contributed by atoms with van der Waals surface area (Å²) < 4.78 is 16.2. The van der Waals surface area contributed by atoms with E-state index < -0.39 is 6.09 Å². The van der Waals surface area contributed by atoms with E-state index in [1.807, 2.05) is 18.2 Å². The van der Waals surface area contributed by atoms with E-state index in [0.29, 0.717) is 30.2 Å². The fraction of sp³-hybridized carbons (Fsp3) is 0.214. The number of ether oxygens (including phenoxy) is 2. The first-order valence-electron chi connectivity index (χ1n) is 11.7. The SMILES string of the molecule is COc1cc(O)c2c(=O)c(-c3ccc(OC(=O)N4CCN(Cc5ccccc5)CC4)cc3)coc2c1. The number of phenols is 1. The molecular formula is C28H26N2O6. The van der Waals surface area contributed by atoms with Crippen molar-refractivity contribution in [2.75, 3.05) is 33.3 Å². The van der Waals surface area contributed by atoms with Gasteiger partial charge < -0.3 is 23.9 Å². The maximum Gasteiger partial charge on any atom is 0.415 e. The standard InChI is InChI=1S/C28H26N2O6/c1-34-22-15-24(31)26-25(16-22)35-18-23(27(26)32)20-7-9-21(10-8-20)36-28(33)30-13-11-29(12-14-30)17-19-5-3-2-4-6-19/h2-10,15-16,18,31H,11-14,17H2,1H3. The van der Waals surface area contributed by atoms with E-state index in [0.717, 1.165) is 19.6 Å². The zero-order valence-corrected chi connectivity index (χ0v) is 19.8. The van der Waals surface area contributed by atoms with Gasteiger partial charge in [-0.2, -0.15) is 0 Å². The van der Waals surface area contributed by atoms with Gasteiger partial charge in [0.1, 0.15) is 34.5 Å². The van der Waals surface area contributed by atoms with Crippen molar-refractivity contribution in [1.29, 1.82) is 0 Å². The van der Waals surface area contributed by atoms with Crippen molar-refractivity contribution in [2.24, 2.45) is 0 Å². The Hall–Kier alpha value is -4.30. The number of hydrogen-bond acceptors (Lipinski definition) is 7. The molecule has 0 aliphatic carbocycles. The molecule has 184 valence electrons. The van der Waals surface area contributed by atoms with E-state index in [2.05, 4.69) is 17.0 Å². The largest absolute Gasteiger partial charge is 0.507 e. The highest BCUT2D eigenvalue weighted by Gasteiger charge is 2.23. The summed E-state index contributed by atoms with van der Waals surface area (Å²) in [4.78, 5) is 29.7. The number of amides is 1. The lowest BCUT2D eigenvalue weighted by Crippen LogP contribution is -2.49. The highest BCUT2D eigenvalue weighted by Crippen LogP contribution is 2.30. The molecular weight excluding hydrogens is 460 g/mol. The quantitative estimate of drug-likeness (QED) is 0.444. The molecule has 1 saturated heterocycles. The molecule has 1 amide bonds. The van der Waals surface area contributed by atoms with Crippen molar-refractivity contribution >= 4 is 17.1 Å². The Balaban J connectivity index is 1.23. The average molecular weight is 487 g/mol. The molecule has 0 spiro atoms. The lowest BCUT2D eigenvalue weighted by atomic mass is 10.0. The molecule has 0 radical (unpaired) electrons. The number of piperazine rings is 1. The van der Waals surface area contributed by atoms with Gasteiger partial charge in [-0.25, -0.2) is 4.79 Å². The van der Waals surface area contributed by atoms with Crippen LogP contribution in [0.5, 0.6) is 17.2 Å². The zero-order chi connectivity index (χ0) is 25.1. The first kappa shape index (κ1) is 23.4. The third-order valence-electron chi connectivity index (χ3n) is 6.32. The predicted molar refractivity (Wildman–Crippen MR) is 135 cm³/mol. The summed E-state index contributed by atoms with van der Waals surface area (Å²) in [5.74, 6) is 0.558. The molecule has 1 aliphatic heterocycles. The molecule has 5 rings (SSSR count). The molecule has 0 unspecified atom stereocenters. The molecule has 8 heteroatoms. The van der Waals surface area contributed by atoms with Crippen molar-refractivity contribution < 1.29 is 23.8 Å². The van der Waals surface area contributed by atoms with Gasteiger partial charge in [0, 0.05) is 44.9 Å². The summed E-state index contributed by atoms with van der Waals surface area (Å²) in [6, 6.07) is 19.8. The van der Waals surface area contributed by atoms with Crippen LogP contribution < -0.4 is 14.9 Å². The first-order valence-corrected chi connectivity index (χ1v) is 11.7. The predicted octanol–water partition coefficient (Wildman–Crippen LogP) is 4.49. The van der Waals surface area contributed by atoms with Gasteiger partial charge in [-0.05, 0) is 23.3 Å². The third kappa shape index (κ3) is 4.89. The number of carbonyl (C=O) groups excluding carboxylic acids is 1. The van der Waals surface area contributed by atoms with Crippen LogP contribution in [0.4, 0.5) is 4.79 Å². The van der Waals surface area contributed by atoms with E-state index in [1.54, 1.807) is 35.2 Å². The van der Waals surface area contributed by atoms with Crippen LogP contribution in [0, 0.1) is 0 Å². The third-order valence-corrected chi connectivity index (χ3v) is 6.32. The normalized spacial score (nSPS) is 14.1. The van der Waals surface area contributed by atoms with Gasteiger partial charge in [-0.1, -0.05) is 42.5 Å². The van der Waals surface area contributed by atoms with Gasteiger partial charge in [0.15, 0.2) is 0 Å². The molecule has 8 nitrogen and oxygen atoms in total. The van der Waals surface area contributed by atoms with Gasteiger partial charge in [0.2, 0.25) is 5.43 Å². The molecule has 1 aliphatic rings. The van der Waals surface area contributed by atoms with Gasteiger partial charge in [-0.15, -0.1) is 0 Å². The monoisotopic (exact) mass is 486 g/mol. The lowest BCUT2D eigenvalue weighted by molar-refractivity contribution is 0.108. The zero-order valence-electron chi connectivity index (χ0n) is 19.8. The van der Waals surface area contributed by atoms with Gasteiger partial charge >= 0.3 is 6.09 Å². The summed E-state index contributed by atoms with van der Waals surface area (Å²) in [6.45, 7) is 3.60. The maximum absolute atomic E-state index is 13.0. The number of hydrogen-bond donors (Lipinski definition) is 1. The van der Waals surface area contributed by atoms with Crippen LogP contribution in [0.3, 0.4) is 0 Å². The Bertz CT molecular complexity index is 1420. The average Bonchev–Trinajstić information content (AvgIpc) is 2.90. The van der Waals surface area contributed by atoms with Crippen LogP contribution >= 0.6 is 0 Å². The number of nitrogens with zero attached hydrogens (tertiary/aromatic N) is 2.